The summed E-state index contributed by atoms with van der Waals surface area (Å²) >= 11 is 0. The lowest BCUT2D eigenvalue weighted by Crippen LogP contribution is -2.45. The second-order valence-electron chi connectivity index (χ2n) is 3.74. The molecular formula is C13H11F3O2Si. The van der Waals surface area contributed by atoms with E-state index < -0.39 is 15.1 Å². The lowest BCUT2D eigenvalue weighted by Gasteiger charge is -2.20. The number of hydrogen-bond donors (Lipinski definition) is 0. The Morgan fingerprint density at radius 1 is 0.684 bits per heavy atom. The molecule has 0 fully saturated rings. The molecule has 0 spiro atoms. The molecule has 2 rings (SSSR count). The van der Waals surface area contributed by atoms with Gasteiger partial charge in [-0.25, -0.2) is 0 Å². The maximum Gasteiger partial charge on any atom is 0.560 e. The molecule has 19 heavy (non-hydrogen) atoms. The Labute approximate surface area is 110 Å². The van der Waals surface area contributed by atoms with Crippen molar-refractivity contribution in [3.05, 3.63) is 60.7 Å². The SMILES string of the molecule is FC(F)(F)[SiH](Oc1ccccc1)Oc1ccccc1. The minimum Gasteiger partial charge on any atom is -0.509 e. The lowest BCUT2D eigenvalue weighted by atomic mass is 10.3. The maximum absolute atomic E-state index is 12.9. The van der Waals surface area contributed by atoms with Gasteiger partial charge >= 0.3 is 15.1 Å². The van der Waals surface area contributed by atoms with Crippen LogP contribution in [0.5, 0.6) is 11.5 Å². The van der Waals surface area contributed by atoms with Crippen LogP contribution in [0.3, 0.4) is 0 Å². The fraction of sp³-hybridized carbons (Fsp3) is 0.0769. The predicted octanol–water partition coefficient (Wildman–Crippen LogP) is 3.47. The smallest absolute Gasteiger partial charge is 0.509 e. The monoisotopic (exact) mass is 284 g/mol. The molecule has 0 atom stereocenters. The van der Waals surface area contributed by atoms with E-state index in [2.05, 4.69) is 0 Å². The van der Waals surface area contributed by atoms with E-state index in [1.54, 1.807) is 36.4 Å². The van der Waals surface area contributed by atoms with Crippen molar-refractivity contribution in [3.63, 3.8) is 0 Å². The molecule has 0 heterocycles. The quantitative estimate of drug-likeness (QED) is 0.800. The molecule has 0 saturated carbocycles. The minimum absolute atomic E-state index is 0.160. The first kappa shape index (κ1) is 13.5. The largest absolute Gasteiger partial charge is 0.560 e. The van der Waals surface area contributed by atoms with Crippen molar-refractivity contribution in [2.24, 2.45) is 0 Å². The van der Waals surface area contributed by atoms with E-state index in [1.165, 1.54) is 24.3 Å². The zero-order valence-electron chi connectivity index (χ0n) is 9.80. The molecular weight excluding hydrogens is 273 g/mol. The fourth-order valence-electron chi connectivity index (χ4n) is 1.40. The number of alkyl halides is 3. The highest BCUT2D eigenvalue weighted by Crippen LogP contribution is 2.24. The summed E-state index contributed by atoms with van der Waals surface area (Å²) in [5, 5.41) is 0. The molecule has 0 N–H and O–H groups in total. The van der Waals surface area contributed by atoms with Gasteiger partial charge in [-0.05, 0) is 24.3 Å². The van der Waals surface area contributed by atoms with Gasteiger partial charge in [0.2, 0.25) is 0 Å². The van der Waals surface area contributed by atoms with Crippen molar-refractivity contribution in [2.75, 3.05) is 0 Å². The molecule has 0 unspecified atom stereocenters. The molecule has 0 aliphatic rings. The standard InChI is InChI=1S/C13H11F3O2Si/c14-13(15,16)19(17-11-7-3-1-4-8-11)18-12-9-5-2-6-10-12/h1-10,19H. The van der Waals surface area contributed by atoms with Crippen LogP contribution in [0.15, 0.2) is 60.7 Å². The molecule has 2 nitrogen and oxygen atoms in total. The van der Waals surface area contributed by atoms with E-state index in [0.717, 1.165) is 0 Å². The van der Waals surface area contributed by atoms with Crippen LogP contribution in [0, 0.1) is 0 Å². The molecule has 0 saturated heterocycles. The Morgan fingerprint density at radius 3 is 1.37 bits per heavy atom. The molecule has 0 aliphatic carbocycles. The summed E-state index contributed by atoms with van der Waals surface area (Å²) in [5.74, 6) is -4.16. The van der Waals surface area contributed by atoms with E-state index >= 15 is 0 Å². The van der Waals surface area contributed by atoms with Crippen molar-refractivity contribution in [1.29, 1.82) is 0 Å². The van der Waals surface area contributed by atoms with Gasteiger partial charge in [0, 0.05) is 0 Å². The summed E-state index contributed by atoms with van der Waals surface area (Å²) in [4.78, 5) is 0. The number of benzene rings is 2. The van der Waals surface area contributed by atoms with Crippen molar-refractivity contribution in [2.45, 2.75) is 5.80 Å². The van der Waals surface area contributed by atoms with E-state index in [1.807, 2.05) is 0 Å². The molecule has 0 radical (unpaired) electrons. The minimum atomic E-state index is -4.48. The van der Waals surface area contributed by atoms with E-state index in [4.69, 9.17) is 8.85 Å². The number of rotatable bonds is 4. The van der Waals surface area contributed by atoms with Gasteiger partial charge in [0.15, 0.2) is 0 Å². The van der Waals surface area contributed by atoms with Crippen LogP contribution in [0.1, 0.15) is 0 Å². The summed E-state index contributed by atoms with van der Waals surface area (Å²) in [6, 6.07) is 15.7. The van der Waals surface area contributed by atoms with Crippen LogP contribution < -0.4 is 8.85 Å². The first-order chi connectivity index (χ1) is 9.05. The highest BCUT2D eigenvalue weighted by Gasteiger charge is 2.49. The van der Waals surface area contributed by atoms with Gasteiger partial charge in [0.05, 0.1) is 0 Å². The van der Waals surface area contributed by atoms with Crippen LogP contribution >= 0.6 is 0 Å². The molecule has 0 aliphatic heterocycles. The van der Waals surface area contributed by atoms with Crippen LogP contribution in [-0.4, -0.2) is 15.1 Å². The van der Waals surface area contributed by atoms with E-state index in [9.17, 15) is 13.2 Å². The van der Waals surface area contributed by atoms with Crippen LogP contribution in [0.25, 0.3) is 0 Å². The second-order valence-corrected chi connectivity index (χ2v) is 5.53. The van der Waals surface area contributed by atoms with Crippen LogP contribution in [-0.2, 0) is 0 Å². The van der Waals surface area contributed by atoms with Crippen LogP contribution in [0.2, 0.25) is 0 Å². The molecule has 2 aromatic rings. The molecule has 0 amide bonds. The highest BCUT2D eigenvalue weighted by molar-refractivity contribution is 6.48. The number of para-hydroxylation sites is 2. The van der Waals surface area contributed by atoms with E-state index in [0.29, 0.717) is 0 Å². The van der Waals surface area contributed by atoms with Gasteiger partial charge in [-0.3, -0.25) is 0 Å². The first-order valence-corrected chi connectivity index (χ1v) is 7.08. The highest BCUT2D eigenvalue weighted by atomic mass is 28.3. The second kappa shape index (κ2) is 5.79. The Morgan fingerprint density at radius 2 is 1.05 bits per heavy atom. The summed E-state index contributed by atoms with van der Waals surface area (Å²) < 4.78 is 48.7. The van der Waals surface area contributed by atoms with E-state index in [-0.39, 0.29) is 11.5 Å². The Kier molecular flexibility index (Phi) is 4.11. The Hall–Kier alpha value is -1.95. The van der Waals surface area contributed by atoms with Gasteiger partial charge in [-0.15, -0.1) is 0 Å². The van der Waals surface area contributed by atoms with Gasteiger partial charge in [-0.1, -0.05) is 36.4 Å². The van der Waals surface area contributed by atoms with Gasteiger partial charge in [-0.2, -0.15) is 13.2 Å². The summed E-state index contributed by atoms with van der Waals surface area (Å²) in [5.41, 5.74) is 0. The average Bonchev–Trinajstić information content (AvgIpc) is 2.39. The molecule has 100 valence electrons. The van der Waals surface area contributed by atoms with Crippen LogP contribution in [0.4, 0.5) is 13.2 Å². The van der Waals surface area contributed by atoms with Gasteiger partial charge in [0.25, 0.3) is 0 Å². The third-order valence-electron chi connectivity index (χ3n) is 2.24. The molecule has 2 aromatic carbocycles. The number of halogens is 3. The van der Waals surface area contributed by atoms with Crippen molar-refractivity contribution < 1.29 is 22.0 Å². The fourth-order valence-corrected chi connectivity index (χ4v) is 2.53. The van der Waals surface area contributed by atoms with Crippen molar-refractivity contribution >= 4 is 9.28 Å². The summed E-state index contributed by atoms with van der Waals surface area (Å²) in [6.07, 6.45) is 0. The van der Waals surface area contributed by atoms with Crippen molar-refractivity contribution in [3.8, 4) is 11.5 Å². The normalized spacial score (nSPS) is 11.4. The molecule has 0 aromatic heterocycles. The molecule has 0 bridgehead atoms. The van der Waals surface area contributed by atoms with Gasteiger partial charge in [0.1, 0.15) is 11.5 Å². The third-order valence-corrected chi connectivity index (χ3v) is 3.75. The average molecular weight is 284 g/mol. The lowest BCUT2D eigenvalue weighted by molar-refractivity contribution is -0.0722. The molecule has 6 heteroatoms. The third kappa shape index (κ3) is 4.03. The maximum atomic E-state index is 12.9. The zero-order valence-corrected chi connectivity index (χ0v) is 11.0. The number of hydrogen-bond acceptors (Lipinski definition) is 2. The zero-order chi connectivity index (χ0) is 13.7. The van der Waals surface area contributed by atoms with Gasteiger partial charge < -0.3 is 8.85 Å². The Balaban J connectivity index is 2.13. The summed E-state index contributed by atoms with van der Waals surface area (Å²) in [6.45, 7) is 0. The Bertz CT molecular complexity index is 461. The predicted molar refractivity (Wildman–Crippen MR) is 67.3 cm³/mol. The topological polar surface area (TPSA) is 18.5 Å². The van der Waals surface area contributed by atoms with Crippen molar-refractivity contribution in [1.82, 2.24) is 0 Å². The first-order valence-electron chi connectivity index (χ1n) is 5.56. The summed E-state index contributed by atoms with van der Waals surface area (Å²) in [7, 11) is -3.88.